The van der Waals surface area contributed by atoms with Crippen molar-refractivity contribution in [3.63, 3.8) is 0 Å². The second-order valence-electron chi connectivity index (χ2n) is 8.43. The zero-order chi connectivity index (χ0) is 22.8. The second-order valence-corrected chi connectivity index (χ2v) is 8.43. The SMILES string of the molecule is Cc1c(NC(=O)/C(C#N)=C\c2ccc(C(C)(C)C)cc2)c(=O)n(-c2ccccc2)n1C. The van der Waals surface area contributed by atoms with Gasteiger partial charge in [-0.3, -0.25) is 14.3 Å². The lowest BCUT2D eigenvalue weighted by Gasteiger charge is -2.18. The molecule has 31 heavy (non-hydrogen) atoms. The van der Waals surface area contributed by atoms with Gasteiger partial charge in [0.1, 0.15) is 17.3 Å². The zero-order valence-corrected chi connectivity index (χ0v) is 18.4. The van der Waals surface area contributed by atoms with Gasteiger partial charge in [-0.05, 0) is 41.7 Å². The molecule has 6 heteroatoms. The van der Waals surface area contributed by atoms with E-state index in [1.807, 2.05) is 60.7 Å². The van der Waals surface area contributed by atoms with Crippen molar-refractivity contribution in [1.29, 1.82) is 5.26 Å². The summed E-state index contributed by atoms with van der Waals surface area (Å²) in [5.41, 5.74) is 2.92. The Labute approximate surface area is 182 Å². The predicted molar refractivity (Wildman–Crippen MR) is 123 cm³/mol. The van der Waals surface area contributed by atoms with Crippen molar-refractivity contribution in [2.75, 3.05) is 5.32 Å². The van der Waals surface area contributed by atoms with E-state index in [-0.39, 0.29) is 22.2 Å². The van der Waals surface area contributed by atoms with Crippen molar-refractivity contribution in [3.05, 3.63) is 87.3 Å². The van der Waals surface area contributed by atoms with Crippen LogP contribution in [0.2, 0.25) is 0 Å². The Bertz CT molecular complexity index is 1230. The minimum Gasteiger partial charge on any atom is -0.315 e. The first-order valence-corrected chi connectivity index (χ1v) is 10.0. The largest absolute Gasteiger partial charge is 0.315 e. The predicted octanol–water partition coefficient (Wildman–Crippen LogP) is 4.33. The van der Waals surface area contributed by atoms with Gasteiger partial charge in [-0.25, -0.2) is 4.68 Å². The van der Waals surface area contributed by atoms with Crippen LogP contribution in [0.1, 0.15) is 37.6 Å². The van der Waals surface area contributed by atoms with Crippen molar-refractivity contribution < 1.29 is 4.79 Å². The van der Waals surface area contributed by atoms with Crippen LogP contribution in [0.15, 0.2) is 65.0 Å². The summed E-state index contributed by atoms with van der Waals surface area (Å²) in [6.45, 7) is 8.11. The summed E-state index contributed by atoms with van der Waals surface area (Å²) in [5, 5.41) is 12.2. The van der Waals surface area contributed by atoms with Crippen LogP contribution in [-0.4, -0.2) is 15.3 Å². The van der Waals surface area contributed by atoms with E-state index >= 15 is 0 Å². The summed E-state index contributed by atoms with van der Waals surface area (Å²) in [7, 11) is 1.75. The van der Waals surface area contributed by atoms with Crippen LogP contribution in [0.3, 0.4) is 0 Å². The van der Waals surface area contributed by atoms with Crippen LogP contribution in [0.5, 0.6) is 0 Å². The summed E-state index contributed by atoms with van der Waals surface area (Å²) in [4.78, 5) is 25.7. The Morgan fingerprint density at radius 3 is 2.23 bits per heavy atom. The first kappa shape index (κ1) is 21.8. The van der Waals surface area contributed by atoms with Crippen LogP contribution >= 0.6 is 0 Å². The van der Waals surface area contributed by atoms with E-state index in [1.54, 1.807) is 18.7 Å². The molecule has 1 amide bonds. The summed E-state index contributed by atoms with van der Waals surface area (Å²) >= 11 is 0. The minimum atomic E-state index is -0.617. The van der Waals surface area contributed by atoms with Gasteiger partial charge in [0.05, 0.1) is 11.4 Å². The Hall–Kier alpha value is -3.85. The van der Waals surface area contributed by atoms with E-state index in [0.29, 0.717) is 11.4 Å². The lowest BCUT2D eigenvalue weighted by atomic mass is 9.86. The number of para-hydroxylation sites is 1. The van der Waals surface area contributed by atoms with Gasteiger partial charge in [-0.2, -0.15) is 5.26 Å². The molecule has 158 valence electrons. The molecule has 0 aliphatic heterocycles. The monoisotopic (exact) mass is 414 g/mol. The fraction of sp³-hybridized carbons (Fsp3) is 0.240. The van der Waals surface area contributed by atoms with Crippen LogP contribution in [0.4, 0.5) is 5.69 Å². The van der Waals surface area contributed by atoms with Crippen LogP contribution < -0.4 is 10.9 Å². The molecule has 0 saturated carbocycles. The molecule has 1 N–H and O–H groups in total. The molecule has 6 nitrogen and oxygen atoms in total. The quantitative estimate of drug-likeness (QED) is 0.510. The Morgan fingerprint density at radius 2 is 1.68 bits per heavy atom. The van der Waals surface area contributed by atoms with Crippen molar-refractivity contribution in [2.45, 2.75) is 33.1 Å². The molecule has 1 aromatic heterocycles. The number of benzene rings is 2. The van der Waals surface area contributed by atoms with Crippen molar-refractivity contribution >= 4 is 17.7 Å². The van der Waals surface area contributed by atoms with Gasteiger partial charge in [0.2, 0.25) is 0 Å². The number of rotatable bonds is 4. The maximum atomic E-state index is 13.0. The standard InChI is InChI=1S/C25H26N4O2/c1-17-22(24(31)29(28(17)5)21-9-7-6-8-10-21)27-23(30)19(16-26)15-18-11-13-20(14-12-18)25(2,3)4/h6-15H,1-5H3,(H,27,30)/b19-15-. The number of carbonyl (C=O) groups excluding carboxylic acids is 1. The molecule has 0 atom stereocenters. The van der Waals surface area contributed by atoms with Gasteiger partial charge in [-0.15, -0.1) is 0 Å². The lowest BCUT2D eigenvalue weighted by Crippen LogP contribution is -2.23. The van der Waals surface area contributed by atoms with Crippen molar-refractivity contribution in [2.24, 2.45) is 7.05 Å². The fourth-order valence-electron chi connectivity index (χ4n) is 3.29. The highest BCUT2D eigenvalue weighted by molar-refractivity contribution is 6.09. The number of carbonyl (C=O) groups is 1. The van der Waals surface area contributed by atoms with E-state index in [0.717, 1.165) is 11.1 Å². The van der Waals surface area contributed by atoms with Gasteiger partial charge in [0, 0.05) is 7.05 Å². The molecule has 1 heterocycles. The lowest BCUT2D eigenvalue weighted by molar-refractivity contribution is -0.112. The molecule has 0 bridgehead atoms. The van der Waals surface area contributed by atoms with E-state index in [9.17, 15) is 14.9 Å². The average Bonchev–Trinajstić information content (AvgIpc) is 2.95. The summed E-state index contributed by atoms with van der Waals surface area (Å²) < 4.78 is 3.15. The first-order valence-electron chi connectivity index (χ1n) is 10.0. The molecule has 3 aromatic rings. The third-order valence-corrected chi connectivity index (χ3v) is 5.25. The van der Waals surface area contributed by atoms with Crippen LogP contribution in [0.25, 0.3) is 11.8 Å². The molecular formula is C25H26N4O2. The molecular weight excluding hydrogens is 388 g/mol. The third-order valence-electron chi connectivity index (χ3n) is 5.25. The molecule has 0 spiro atoms. The number of hydrogen-bond acceptors (Lipinski definition) is 3. The maximum absolute atomic E-state index is 13.0. The fourth-order valence-corrected chi connectivity index (χ4v) is 3.29. The van der Waals surface area contributed by atoms with Crippen molar-refractivity contribution in [3.8, 4) is 11.8 Å². The molecule has 2 aromatic carbocycles. The molecule has 0 saturated heterocycles. The average molecular weight is 415 g/mol. The van der Waals surface area contributed by atoms with Gasteiger partial charge in [0.25, 0.3) is 11.5 Å². The third kappa shape index (κ3) is 4.51. The number of nitrogens with one attached hydrogen (secondary N) is 1. The highest BCUT2D eigenvalue weighted by Crippen LogP contribution is 2.23. The molecule has 0 radical (unpaired) electrons. The number of hydrogen-bond donors (Lipinski definition) is 1. The maximum Gasteiger partial charge on any atom is 0.295 e. The van der Waals surface area contributed by atoms with Crippen LogP contribution in [0, 0.1) is 18.3 Å². The zero-order valence-electron chi connectivity index (χ0n) is 18.4. The van der Waals surface area contributed by atoms with E-state index in [1.165, 1.54) is 10.8 Å². The molecule has 0 fully saturated rings. The highest BCUT2D eigenvalue weighted by Gasteiger charge is 2.20. The summed E-state index contributed by atoms with van der Waals surface area (Å²) in [5.74, 6) is -0.617. The second kappa shape index (κ2) is 8.49. The Morgan fingerprint density at radius 1 is 1.06 bits per heavy atom. The molecule has 0 aliphatic rings. The summed E-state index contributed by atoms with van der Waals surface area (Å²) in [6.07, 6.45) is 1.52. The van der Waals surface area contributed by atoms with E-state index in [4.69, 9.17) is 0 Å². The number of amides is 1. The summed E-state index contributed by atoms with van der Waals surface area (Å²) in [6, 6.07) is 18.8. The van der Waals surface area contributed by atoms with Gasteiger partial charge < -0.3 is 5.32 Å². The molecule has 3 rings (SSSR count). The topological polar surface area (TPSA) is 79.8 Å². The number of nitriles is 1. The Balaban J connectivity index is 1.91. The van der Waals surface area contributed by atoms with Gasteiger partial charge in [0.15, 0.2) is 0 Å². The molecule has 0 unspecified atom stereocenters. The normalized spacial score (nSPS) is 11.8. The van der Waals surface area contributed by atoms with Gasteiger partial charge >= 0.3 is 0 Å². The van der Waals surface area contributed by atoms with Crippen molar-refractivity contribution in [1.82, 2.24) is 9.36 Å². The number of aromatic nitrogens is 2. The first-order chi connectivity index (χ1) is 14.6. The Kier molecular flexibility index (Phi) is 5.98. The molecule has 0 aliphatic carbocycles. The van der Waals surface area contributed by atoms with E-state index < -0.39 is 5.91 Å². The van der Waals surface area contributed by atoms with Gasteiger partial charge in [-0.1, -0.05) is 63.2 Å². The van der Waals surface area contributed by atoms with E-state index in [2.05, 4.69) is 26.1 Å². The highest BCUT2D eigenvalue weighted by atomic mass is 16.2. The smallest absolute Gasteiger partial charge is 0.295 e. The number of anilines is 1. The number of nitrogens with zero attached hydrogens (tertiary/aromatic N) is 3. The minimum absolute atomic E-state index is 0.0150. The van der Waals surface area contributed by atoms with Crippen LogP contribution in [-0.2, 0) is 17.3 Å².